The third-order valence-electron chi connectivity index (χ3n) is 2.66. The van der Waals surface area contributed by atoms with E-state index in [0.717, 1.165) is 10.1 Å². The van der Waals surface area contributed by atoms with E-state index in [9.17, 15) is 9.59 Å². The number of fused-ring (bicyclic) bond motifs is 1. The van der Waals surface area contributed by atoms with Crippen molar-refractivity contribution in [3.63, 3.8) is 0 Å². The number of hydrogen-bond acceptors (Lipinski definition) is 4. The number of nitrogens with one attached hydrogen (secondary N) is 1. The number of amides is 2. The summed E-state index contributed by atoms with van der Waals surface area (Å²) in [7, 11) is 3.30. The van der Waals surface area contributed by atoms with Crippen LogP contribution < -0.4 is 11.1 Å². The molecule has 19 heavy (non-hydrogen) atoms. The highest BCUT2D eigenvalue weighted by molar-refractivity contribution is 7.20. The normalized spacial score (nSPS) is 10.4. The van der Waals surface area contributed by atoms with Crippen molar-refractivity contribution < 1.29 is 9.59 Å². The first-order chi connectivity index (χ1) is 8.97. The zero-order valence-corrected chi connectivity index (χ0v) is 11.6. The minimum atomic E-state index is -0.241. The van der Waals surface area contributed by atoms with Crippen LogP contribution in [0.5, 0.6) is 0 Å². The van der Waals surface area contributed by atoms with E-state index >= 15 is 0 Å². The van der Waals surface area contributed by atoms with Crippen molar-refractivity contribution in [3.8, 4) is 0 Å². The van der Waals surface area contributed by atoms with Crippen molar-refractivity contribution in [1.82, 2.24) is 10.2 Å². The fourth-order valence-corrected chi connectivity index (χ4v) is 2.53. The maximum Gasteiger partial charge on any atom is 0.261 e. The minimum Gasteiger partial charge on any atom is -0.399 e. The molecule has 0 aliphatic rings. The molecular weight excluding hydrogens is 262 g/mol. The number of carbonyl (C=O) groups is 2. The van der Waals surface area contributed by atoms with Crippen molar-refractivity contribution in [2.45, 2.75) is 0 Å². The second-order valence-electron chi connectivity index (χ2n) is 4.38. The van der Waals surface area contributed by atoms with Crippen LogP contribution in [0.4, 0.5) is 5.69 Å². The van der Waals surface area contributed by atoms with Gasteiger partial charge in [0.25, 0.3) is 5.91 Å². The number of likely N-dealkylation sites (N-methyl/N-ethyl adjacent to an activating group) is 1. The van der Waals surface area contributed by atoms with Gasteiger partial charge in [-0.15, -0.1) is 11.3 Å². The molecule has 1 heterocycles. The molecule has 2 rings (SSSR count). The van der Waals surface area contributed by atoms with Gasteiger partial charge in [0.2, 0.25) is 5.91 Å². The van der Waals surface area contributed by atoms with Crippen LogP contribution in [0.15, 0.2) is 24.3 Å². The Kier molecular flexibility index (Phi) is 3.71. The number of benzene rings is 1. The van der Waals surface area contributed by atoms with E-state index in [1.54, 1.807) is 26.2 Å². The summed E-state index contributed by atoms with van der Waals surface area (Å²) < 4.78 is 0.998. The molecular formula is C13H15N3O2S. The molecule has 0 unspecified atom stereocenters. The van der Waals surface area contributed by atoms with Crippen LogP contribution in [-0.4, -0.2) is 37.4 Å². The Morgan fingerprint density at radius 2 is 2.05 bits per heavy atom. The Bertz CT molecular complexity index is 634. The van der Waals surface area contributed by atoms with Gasteiger partial charge in [0.15, 0.2) is 0 Å². The van der Waals surface area contributed by atoms with Crippen molar-refractivity contribution in [3.05, 3.63) is 29.1 Å². The van der Waals surface area contributed by atoms with E-state index in [1.807, 2.05) is 12.1 Å². The van der Waals surface area contributed by atoms with E-state index in [0.29, 0.717) is 10.6 Å². The number of thiophene rings is 1. The lowest BCUT2D eigenvalue weighted by molar-refractivity contribution is -0.127. The third-order valence-corrected chi connectivity index (χ3v) is 3.78. The van der Waals surface area contributed by atoms with E-state index in [4.69, 9.17) is 5.73 Å². The van der Waals surface area contributed by atoms with Crippen LogP contribution in [0.2, 0.25) is 0 Å². The molecule has 0 fully saturated rings. The van der Waals surface area contributed by atoms with Crippen LogP contribution in [0.1, 0.15) is 9.67 Å². The predicted molar refractivity (Wildman–Crippen MR) is 77.3 cm³/mol. The number of hydrogen-bond donors (Lipinski definition) is 2. The number of nitrogen functional groups attached to an aromatic ring is 1. The second-order valence-corrected chi connectivity index (χ2v) is 5.46. The molecule has 2 aromatic rings. The predicted octanol–water partition coefficient (Wildman–Crippen LogP) is 1.30. The SMILES string of the molecule is CN(C)C(=O)CNC(=O)c1cc2cc(N)ccc2s1. The second kappa shape index (κ2) is 5.27. The molecule has 0 spiro atoms. The van der Waals surface area contributed by atoms with E-state index < -0.39 is 0 Å². The van der Waals surface area contributed by atoms with Crippen LogP contribution in [0.25, 0.3) is 10.1 Å². The van der Waals surface area contributed by atoms with Gasteiger partial charge in [-0.1, -0.05) is 0 Å². The van der Waals surface area contributed by atoms with Gasteiger partial charge in [0, 0.05) is 24.5 Å². The largest absolute Gasteiger partial charge is 0.399 e. The smallest absolute Gasteiger partial charge is 0.261 e. The molecule has 1 aromatic carbocycles. The van der Waals surface area contributed by atoms with Gasteiger partial charge < -0.3 is 16.0 Å². The van der Waals surface area contributed by atoms with Gasteiger partial charge in [-0.05, 0) is 29.7 Å². The number of nitrogens with two attached hydrogens (primary N) is 1. The summed E-state index contributed by atoms with van der Waals surface area (Å²) in [4.78, 5) is 25.3. The van der Waals surface area contributed by atoms with Crippen molar-refractivity contribution >= 4 is 38.9 Å². The van der Waals surface area contributed by atoms with Crippen LogP contribution in [0.3, 0.4) is 0 Å². The Morgan fingerprint density at radius 3 is 2.74 bits per heavy atom. The maximum atomic E-state index is 11.9. The fraction of sp³-hybridized carbons (Fsp3) is 0.231. The Labute approximate surface area is 115 Å². The molecule has 5 nitrogen and oxygen atoms in total. The zero-order chi connectivity index (χ0) is 14.0. The van der Waals surface area contributed by atoms with Gasteiger partial charge in [0.1, 0.15) is 0 Å². The van der Waals surface area contributed by atoms with Crippen molar-refractivity contribution in [2.24, 2.45) is 0 Å². The first-order valence-electron chi connectivity index (χ1n) is 5.75. The quantitative estimate of drug-likeness (QED) is 0.830. The summed E-state index contributed by atoms with van der Waals surface area (Å²) in [5.41, 5.74) is 6.36. The van der Waals surface area contributed by atoms with E-state index in [1.165, 1.54) is 16.2 Å². The molecule has 0 saturated carbocycles. The standard InChI is InChI=1S/C13H15N3O2S/c1-16(2)12(17)7-15-13(18)11-6-8-5-9(14)3-4-10(8)19-11/h3-6H,7,14H2,1-2H3,(H,15,18). The summed E-state index contributed by atoms with van der Waals surface area (Å²) >= 11 is 1.38. The first-order valence-corrected chi connectivity index (χ1v) is 6.56. The van der Waals surface area contributed by atoms with Gasteiger partial charge in [0.05, 0.1) is 11.4 Å². The number of anilines is 1. The van der Waals surface area contributed by atoms with Crippen LogP contribution in [-0.2, 0) is 4.79 Å². The van der Waals surface area contributed by atoms with Crippen LogP contribution in [0, 0.1) is 0 Å². The van der Waals surface area contributed by atoms with Gasteiger partial charge in [-0.2, -0.15) is 0 Å². The topological polar surface area (TPSA) is 75.4 Å². The van der Waals surface area contributed by atoms with Crippen molar-refractivity contribution in [1.29, 1.82) is 0 Å². The summed E-state index contributed by atoms with van der Waals surface area (Å²) in [6.07, 6.45) is 0. The molecule has 3 N–H and O–H groups in total. The molecule has 0 aliphatic heterocycles. The fourth-order valence-electron chi connectivity index (χ4n) is 1.57. The molecule has 6 heteroatoms. The maximum absolute atomic E-state index is 11.9. The van der Waals surface area contributed by atoms with Gasteiger partial charge in [-0.25, -0.2) is 0 Å². The number of rotatable bonds is 3. The minimum absolute atomic E-state index is 0.00220. The molecule has 0 atom stereocenters. The molecule has 0 bridgehead atoms. The number of carbonyl (C=O) groups excluding carboxylic acids is 2. The lowest BCUT2D eigenvalue weighted by atomic mass is 10.2. The molecule has 0 saturated heterocycles. The summed E-state index contributed by atoms with van der Waals surface area (Å²) in [5.74, 6) is -0.381. The van der Waals surface area contributed by atoms with E-state index in [-0.39, 0.29) is 18.4 Å². The van der Waals surface area contributed by atoms with Crippen molar-refractivity contribution in [2.75, 3.05) is 26.4 Å². The van der Waals surface area contributed by atoms with Crippen LogP contribution >= 0.6 is 11.3 Å². The lowest BCUT2D eigenvalue weighted by Gasteiger charge is -2.10. The monoisotopic (exact) mass is 277 g/mol. The van der Waals surface area contributed by atoms with Gasteiger partial charge >= 0.3 is 0 Å². The summed E-state index contributed by atoms with van der Waals surface area (Å²) in [6, 6.07) is 7.30. The Hall–Kier alpha value is -2.08. The average molecular weight is 277 g/mol. The molecule has 1 aromatic heterocycles. The van der Waals surface area contributed by atoms with Gasteiger partial charge in [-0.3, -0.25) is 9.59 Å². The number of nitrogens with zero attached hydrogens (tertiary/aromatic N) is 1. The molecule has 100 valence electrons. The zero-order valence-electron chi connectivity index (χ0n) is 10.8. The first kappa shape index (κ1) is 13.4. The average Bonchev–Trinajstić information content (AvgIpc) is 2.78. The highest BCUT2D eigenvalue weighted by atomic mass is 32.1. The molecule has 0 radical (unpaired) electrons. The van der Waals surface area contributed by atoms with E-state index in [2.05, 4.69) is 5.32 Å². The third kappa shape index (κ3) is 3.03. The Morgan fingerprint density at radius 1 is 1.32 bits per heavy atom. The highest BCUT2D eigenvalue weighted by Crippen LogP contribution is 2.27. The molecule has 0 aliphatic carbocycles. The lowest BCUT2D eigenvalue weighted by Crippen LogP contribution is -2.35. The summed E-state index contributed by atoms with van der Waals surface area (Å²) in [5, 5.41) is 3.54. The Balaban J connectivity index is 2.11. The molecule has 2 amide bonds. The summed E-state index contributed by atoms with van der Waals surface area (Å²) in [6.45, 7) is 0.00220. The highest BCUT2D eigenvalue weighted by Gasteiger charge is 2.12.